The van der Waals surface area contributed by atoms with Gasteiger partial charge in [-0.15, -0.1) is 11.3 Å². The SMILES string of the molecule is CN[C@@H](C)C(=O)N[C@H](C(=O)N1CCC[C@H]1c1nc(-c2cn(C)c(=O)c3ccccc23)cs1)C1CCOCC1. The fourth-order valence-electron chi connectivity index (χ4n) is 5.49. The van der Waals surface area contributed by atoms with Crippen molar-refractivity contribution in [1.82, 2.24) is 25.1 Å². The number of carbonyl (C=O) groups is 2. The largest absolute Gasteiger partial charge is 0.381 e. The van der Waals surface area contributed by atoms with Crippen LogP contribution in [0.4, 0.5) is 0 Å². The monoisotopic (exact) mass is 537 g/mol. The molecule has 3 atom stereocenters. The number of likely N-dealkylation sites (N-methyl/N-ethyl adjacent to an activating group) is 1. The van der Waals surface area contributed by atoms with Gasteiger partial charge in [0.05, 0.1) is 17.8 Å². The fraction of sp³-hybridized carbons (Fsp3) is 0.500. The number of hydrogen-bond acceptors (Lipinski definition) is 7. The lowest BCUT2D eigenvalue weighted by Crippen LogP contribution is -2.56. The number of benzene rings is 1. The van der Waals surface area contributed by atoms with Crippen molar-refractivity contribution in [2.24, 2.45) is 13.0 Å². The summed E-state index contributed by atoms with van der Waals surface area (Å²) in [5.41, 5.74) is 1.66. The van der Waals surface area contributed by atoms with Gasteiger partial charge in [-0.25, -0.2) is 4.98 Å². The van der Waals surface area contributed by atoms with Gasteiger partial charge in [0, 0.05) is 49.3 Å². The van der Waals surface area contributed by atoms with E-state index >= 15 is 0 Å². The molecule has 2 N–H and O–H groups in total. The summed E-state index contributed by atoms with van der Waals surface area (Å²) in [5.74, 6) is -0.180. The number of rotatable bonds is 7. The Kier molecular flexibility index (Phi) is 7.92. The molecule has 0 bridgehead atoms. The summed E-state index contributed by atoms with van der Waals surface area (Å²) < 4.78 is 7.12. The zero-order chi connectivity index (χ0) is 26.8. The maximum absolute atomic E-state index is 14.0. The molecule has 0 radical (unpaired) electrons. The van der Waals surface area contributed by atoms with Crippen LogP contribution < -0.4 is 16.2 Å². The number of nitrogens with one attached hydrogen (secondary N) is 2. The van der Waals surface area contributed by atoms with E-state index in [1.807, 2.05) is 40.7 Å². The quantitative estimate of drug-likeness (QED) is 0.480. The standard InChI is InChI=1S/C28H35N5O4S/c1-17(29-2)25(34)31-24(18-10-13-37-14-11-18)28(36)33-12-6-9-23(33)26-30-22(16-38-26)21-15-32(3)27(35)20-8-5-4-7-19(20)21/h4-5,7-8,15-18,23-24,29H,6,9-14H2,1-3H3,(H,31,34)/t17-,23-,24-/m0/s1. The average molecular weight is 538 g/mol. The molecule has 202 valence electrons. The molecule has 2 aliphatic heterocycles. The van der Waals surface area contributed by atoms with Gasteiger partial charge in [0.25, 0.3) is 5.56 Å². The number of likely N-dealkylation sites (tertiary alicyclic amines) is 1. The molecule has 0 spiro atoms. The molecule has 4 heterocycles. The Morgan fingerprint density at radius 3 is 2.63 bits per heavy atom. The first-order valence-corrected chi connectivity index (χ1v) is 14.2. The molecule has 0 aliphatic carbocycles. The van der Waals surface area contributed by atoms with E-state index in [0.29, 0.717) is 25.1 Å². The lowest BCUT2D eigenvalue weighted by Gasteiger charge is -2.35. The van der Waals surface area contributed by atoms with Crippen LogP contribution in [0, 0.1) is 5.92 Å². The number of pyridine rings is 1. The van der Waals surface area contributed by atoms with E-state index in [0.717, 1.165) is 47.3 Å². The first-order valence-electron chi connectivity index (χ1n) is 13.3. The van der Waals surface area contributed by atoms with Crippen molar-refractivity contribution in [3.63, 3.8) is 0 Å². The second-order valence-electron chi connectivity index (χ2n) is 10.2. The predicted octanol–water partition coefficient (Wildman–Crippen LogP) is 2.84. The summed E-state index contributed by atoms with van der Waals surface area (Å²) in [6.07, 6.45) is 5.03. The molecule has 10 heteroatoms. The number of ether oxygens (including phenoxy) is 1. The number of nitrogens with zero attached hydrogens (tertiary/aromatic N) is 3. The average Bonchev–Trinajstić information content (AvgIpc) is 3.63. The minimum absolute atomic E-state index is 0.0364. The minimum Gasteiger partial charge on any atom is -0.381 e. The van der Waals surface area contributed by atoms with Crippen molar-refractivity contribution in [2.75, 3.05) is 26.8 Å². The zero-order valence-electron chi connectivity index (χ0n) is 22.1. The number of hydrogen-bond donors (Lipinski definition) is 2. The first-order chi connectivity index (χ1) is 18.4. The van der Waals surface area contributed by atoms with Crippen LogP contribution in [0.2, 0.25) is 0 Å². The number of amides is 2. The van der Waals surface area contributed by atoms with Crippen LogP contribution in [0.5, 0.6) is 0 Å². The van der Waals surface area contributed by atoms with E-state index in [1.165, 1.54) is 0 Å². The van der Waals surface area contributed by atoms with E-state index < -0.39 is 12.1 Å². The highest BCUT2D eigenvalue weighted by atomic mass is 32.1. The Morgan fingerprint density at radius 2 is 1.89 bits per heavy atom. The molecule has 1 aromatic carbocycles. The third-order valence-corrected chi connectivity index (χ3v) is 8.78. The Labute approximate surface area is 226 Å². The second kappa shape index (κ2) is 11.3. The van der Waals surface area contributed by atoms with Gasteiger partial charge in [0.2, 0.25) is 11.8 Å². The molecule has 2 aliphatic rings. The second-order valence-corrected chi connectivity index (χ2v) is 11.1. The van der Waals surface area contributed by atoms with Crippen molar-refractivity contribution >= 4 is 33.9 Å². The van der Waals surface area contributed by atoms with Gasteiger partial charge in [0.1, 0.15) is 11.0 Å². The van der Waals surface area contributed by atoms with Gasteiger partial charge in [-0.05, 0) is 57.0 Å². The van der Waals surface area contributed by atoms with E-state index in [2.05, 4.69) is 10.6 Å². The van der Waals surface area contributed by atoms with Crippen LogP contribution >= 0.6 is 11.3 Å². The van der Waals surface area contributed by atoms with Crippen molar-refractivity contribution in [3.05, 3.63) is 51.2 Å². The maximum atomic E-state index is 14.0. The molecule has 2 amide bonds. The molecular formula is C28H35N5O4S. The smallest absolute Gasteiger partial charge is 0.258 e. The Bertz CT molecular complexity index is 1380. The van der Waals surface area contributed by atoms with Gasteiger partial charge in [-0.3, -0.25) is 14.4 Å². The van der Waals surface area contributed by atoms with Gasteiger partial charge in [-0.2, -0.15) is 0 Å². The summed E-state index contributed by atoms with van der Waals surface area (Å²) in [5, 5.41) is 10.4. The lowest BCUT2D eigenvalue weighted by atomic mass is 9.90. The van der Waals surface area contributed by atoms with E-state index in [4.69, 9.17) is 9.72 Å². The highest BCUT2D eigenvalue weighted by molar-refractivity contribution is 7.10. The molecule has 0 unspecified atom stereocenters. The van der Waals surface area contributed by atoms with Crippen LogP contribution in [0.3, 0.4) is 0 Å². The van der Waals surface area contributed by atoms with Gasteiger partial charge in [0.15, 0.2) is 0 Å². The van der Waals surface area contributed by atoms with E-state index in [9.17, 15) is 14.4 Å². The maximum Gasteiger partial charge on any atom is 0.258 e. The molecule has 9 nitrogen and oxygen atoms in total. The zero-order valence-corrected chi connectivity index (χ0v) is 22.9. The number of aromatic nitrogens is 2. The van der Waals surface area contributed by atoms with Crippen molar-refractivity contribution in [1.29, 1.82) is 0 Å². The molecule has 2 saturated heterocycles. The van der Waals surface area contributed by atoms with Crippen molar-refractivity contribution in [2.45, 2.75) is 50.7 Å². The van der Waals surface area contributed by atoms with Gasteiger partial charge in [-0.1, -0.05) is 18.2 Å². The molecular weight excluding hydrogens is 502 g/mol. The summed E-state index contributed by atoms with van der Waals surface area (Å²) in [7, 11) is 3.49. The Morgan fingerprint density at radius 1 is 1.16 bits per heavy atom. The van der Waals surface area contributed by atoms with Crippen molar-refractivity contribution in [3.8, 4) is 11.3 Å². The van der Waals surface area contributed by atoms with Crippen LogP contribution in [0.25, 0.3) is 22.0 Å². The molecule has 38 heavy (non-hydrogen) atoms. The topological polar surface area (TPSA) is 106 Å². The highest BCUT2D eigenvalue weighted by Crippen LogP contribution is 2.38. The molecule has 2 aromatic heterocycles. The Balaban J connectivity index is 1.43. The number of carbonyl (C=O) groups excluding carboxylic acids is 2. The summed E-state index contributed by atoms with van der Waals surface area (Å²) in [6, 6.07) is 6.46. The summed E-state index contributed by atoms with van der Waals surface area (Å²) in [4.78, 5) is 46.3. The van der Waals surface area contributed by atoms with Gasteiger partial charge < -0.3 is 24.8 Å². The molecule has 2 fully saturated rings. The van der Waals surface area contributed by atoms with Crippen molar-refractivity contribution < 1.29 is 14.3 Å². The van der Waals surface area contributed by atoms with E-state index in [-0.39, 0.29) is 29.3 Å². The summed E-state index contributed by atoms with van der Waals surface area (Å²) in [6.45, 7) is 3.62. The third kappa shape index (κ3) is 5.12. The van der Waals surface area contributed by atoms with Crippen LogP contribution in [-0.2, 0) is 21.4 Å². The normalized spacial score (nSPS) is 20.0. The molecule has 5 rings (SSSR count). The Hall–Kier alpha value is -3.08. The highest BCUT2D eigenvalue weighted by Gasteiger charge is 2.40. The number of thiazole rings is 1. The third-order valence-electron chi connectivity index (χ3n) is 7.84. The molecule has 3 aromatic rings. The van der Waals surface area contributed by atoms with Crippen LogP contribution in [-0.4, -0.2) is 65.2 Å². The lowest BCUT2D eigenvalue weighted by molar-refractivity contribution is -0.140. The summed E-state index contributed by atoms with van der Waals surface area (Å²) >= 11 is 1.54. The van der Waals surface area contributed by atoms with Crippen LogP contribution in [0.15, 0.2) is 40.6 Å². The first kappa shape index (κ1) is 26.5. The fourth-order valence-corrected chi connectivity index (χ4v) is 6.46. The minimum atomic E-state index is -0.588. The van der Waals surface area contributed by atoms with Crippen LogP contribution in [0.1, 0.15) is 43.7 Å². The van der Waals surface area contributed by atoms with Gasteiger partial charge >= 0.3 is 0 Å². The molecule has 0 saturated carbocycles. The van der Waals surface area contributed by atoms with E-state index in [1.54, 1.807) is 36.9 Å². The predicted molar refractivity (Wildman–Crippen MR) is 148 cm³/mol. The number of aryl methyl sites for hydroxylation is 1. The number of fused-ring (bicyclic) bond motifs is 1.